The van der Waals surface area contributed by atoms with E-state index >= 15 is 0 Å². The summed E-state index contributed by atoms with van der Waals surface area (Å²) in [7, 11) is 0. The SMILES string of the molecule is O=C(CCBr)NCc1ccccc1[N+](=O)[O-]. The van der Waals surface area contributed by atoms with Crippen LogP contribution in [0.4, 0.5) is 5.69 Å². The molecule has 0 aliphatic heterocycles. The van der Waals surface area contributed by atoms with Crippen molar-refractivity contribution >= 4 is 27.5 Å². The molecule has 1 N–H and O–H groups in total. The van der Waals surface area contributed by atoms with Crippen LogP contribution in [0.3, 0.4) is 0 Å². The van der Waals surface area contributed by atoms with Crippen molar-refractivity contribution in [2.24, 2.45) is 0 Å². The van der Waals surface area contributed by atoms with Crippen molar-refractivity contribution in [3.63, 3.8) is 0 Å². The minimum absolute atomic E-state index is 0.0293. The maximum atomic E-state index is 11.2. The third kappa shape index (κ3) is 3.62. The van der Waals surface area contributed by atoms with Crippen molar-refractivity contribution in [1.82, 2.24) is 5.32 Å². The first-order valence-corrected chi connectivity index (χ1v) is 5.82. The second-order valence-electron chi connectivity index (χ2n) is 3.10. The minimum atomic E-state index is -0.452. The molecule has 5 nitrogen and oxygen atoms in total. The normalized spacial score (nSPS) is 9.81. The van der Waals surface area contributed by atoms with Gasteiger partial charge in [-0.05, 0) is 0 Å². The van der Waals surface area contributed by atoms with E-state index in [0.29, 0.717) is 17.3 Å². The number of nitro groups is 1. The molecular weight excluding hydrogens is 276 g/mol. The second-order valence-corrected chi connectivity index (χ2v) is 3.89. The fourth-order valence-electron chi connectivity index (χ4n) is 1.21. The Morgan fingerprint density at radius 1 is 1.44 bits per heavy atom. The van der Waals surface area contributed by atoms with Crippen molar-refractivity contribution < 1.29 is 9.72 Å². The molecule has 16 heavy (non-hydrogen) atoms. The van der Waals surface area contributed by atoms with Gasteiger partial charge in [0.05, 0.1) is 4.92 Å². The van der Waals surface area contributed by atoms with E-state index in [0.717, 1.165) is 0 Å². The predicted octanol–water partition coefficient (Wildman–Crippen LogP) is 2.00. The monoisotopic (exact) mass is 286 g/mol. The van der Waals surface area contributed by atoms with Gasteiger partial charge in [0.2, 0.25) is 5.91 Å². The van der Waals surface area contributed by atoms with Crippen molar-refractivity contribution in [1.29, 1.82) is 0 Å². The van der Waals surface area contributed by atoms with Crippen molar-refractivity contribution in [3.05, 3.63) is 39.9 Å². The topological polar surface area (TPSA) is 72.2 Å². The first kappa shape index (κ1) is 12.6. The Bertz CT molecular complexity index is 395. The molecule has 1 aromatic carbocycles. The summed E-state index contributed by atoms with van der Waals surface area (Å²) in [5, 5.41) is 13.9. The highest BCUT2D eigenvalue weighted by Gasteiger charge is 2.12. The first-order valence-electron chi connectivity index (χ1n) is 4.70. The maximum absolute atomic E-state index is 11.2. The minimum Gasteiger partial charge on any atom is -0.352 e. The first-order chi connectivity index (χ1) is 7.65. The fourth-order valence-corrected chi connectivity index (χ4v) is 1.57. The zero-order valence-electron chi connectivity index (χ0n) is 8.48. The van der Waals surface area contributed by atoms with E-state index in [1.165, 1.54) is 6.07 Å². The van der Waals surface area contributed by atoms with Crippen molar-refractivity contribution in [3.8, 4) is 0 Å². The quantitative estimate of drug-likeness (QED) is 0.511. The Morgan fingerprint density at radius 2 is 2.12 bits per heavy atom. The van der Waals surface area contributed by atoms with Crippen LogP contribution in [0.2, 0.25) is 0 Å². The van der Waals surface area contributed by atoms with Crippen LogP contribution in [-0.2, 0) is 11.3 Å². The Labute approximate surface area is 101 Å². The number of carbonyl (C=O) groups excluding carboxylic acids is 1. The van der Waals surface area contributed by atoms with Gasteiger partial charge in [-0.2, -0.15) is 0 Å². The van der Waals surface area contributed by atoms with E-state index in [9.17, 15) is 14.9 Å². The van der Waals surface area contributed by atoms with E-state index in [1.807, 2.05) is 0 Å². The molecule has 1 rings (SSSR count). The second kappa shape index (κ2) is 6.22. The Hall–Kier alpha value is -1.43. The molecule has 0 saturated heterocycles. The molecule has 6 heteroatoms. The zero-order chi connectivity index (χ0) is 12.0. The largest absolute Gasteiger partial charge is 0.352 e. The number of nitrogens with zero attached hydrogens (tertiary/aromatic N) is 1. The maximum Gasteiger partial charge on any atom is 0.274 e. The highest BCUT2D eigenvalue weighted by Crippen LogP contribution is 2.16. The molecule has 86 valence electrons. The third-order valence-corrected chi connectivity index (χ3v) is 2.38. The molecule has 0 atom stereocenters. The van der Waals surface area contributed by atoms with E-state index in [4.69, 9.17) is 0 Å². The summed E-state index contributed by atoms with van der Waals surface area (Å²) in [6.45, 7) is 0.184. The number of nitrogens with one attached hydrogen (secondary N) is 1. The molecule has 1 amide bonds. The lowest BCUT2D eigenvalue weighted by molar-refractivity contribution is -0.385. The summed E-state index contributed by atoms with van der Waals surface area (Å²) in [6.07, 6.45) is 0.362. The van der Waals surface area contributed by atoms with E-state index < -0.39 is 4.92 Å². The van der Waals surface area contributed by atoms with E-state index in [2.05, 4.69) is 21.2 Å². The van der Waals surface area contributed by atoms with Crippen LogP contribution in [-0.4, -0.2) is 16.2 Å². The highest BCUT2D eigenvalue weighted by molar-refractivity contribution is 9.09. The van der Waals surface area contributed by atoms with Gasteiger partial charge in [-0.15, -0.1) is 0 Å². The number of benzene rings is 1. The molecule has 0 bridgehead atoms. The predicted molar refractivity (Wildman–Crippen MR) is 63.4 cm³/mol. The molecular formula is C10H11BrN2O3. The highest BCUT2D eigenvalue weighted by atomic mass is 79.9. The van der Waals surface area contributed by atoms with Gasteiger partial charge < -0.3 is 5.32 Å². The van der Waals surface area contributed by atoms with Gasteiger partial charge in [0.15, 0.2) is 0 Å². The van der Waals surface area contributed by atoms with Gasteiger partial charge in [-0.3, -0.25) is 14.9 Å². The number of hydrogen-bond donors (Lipinski definition) is 1. The summed E-state index contributed by atoms with van der Waals surface area (Å²) >= 11 is 3.14. The molecule has 0 spiro atoms. The average molecular weight is 287 g/mol. The Kier molecular flexibility index (Phi) is 4.91. The molecule has 0 aliphatic rings. The number of alkyl halides is 1. The van der Waals surface area contributed by atoms with Crippen LogP contribution in [0.15, 0.2) is 24.3 Å². The average Bonchev–Trinajstić information content (AvgIpc) is 2.27. The number of hydrogen-bond acceptors (Lipinski definition) is 3. The lowest BCUT2D eigenvalue weighted by Crippen LogP contribution is -2.23. The lowest BCUT2D eigenvalue weighted by atomic mass is 10.2. The summed E-state index contributed by atoms with van der Waals surface area (Å²) in [6, 6.07) is 6.36. The van der Waals surface area contributed by atoms with Crippen LogP contribution in [0, 0.1) is 10.1 Å². The van der Waals surface area contributed by atoms with E-state index in [-0.39, 0.29) is 18.1 Å². The lowest BCUT2D eigenvalue weighted by Gasteiger charge is -2.04. The van der Waals surface area contributed by atoms with Gasteiger partial charge in [-0.25, -0.2) is 0 Å². The van der Waals surface area contributed by atoms with Crippen molar-refractivity contribution in [2.75, 3.05) is 5.33 Å². The smallest absolute Gasteiger partial charge is 0.274 e. The number of halogens is 1. The van der Waals surface area contributed by atoms with Crippen molar-refractivity contribution in [2.45, 2.75) is 13.0 Å². The van der Waals surface area contributed by atoms with Crippen LogP contribution >= 0.6 is 15.9 Å². The fraction of sp³-hybridized carbons (Fsp3) is 0.300. The van der Waals surface area contributed by atoms with Gasteiger partial charge in [0.25, 0.3) is 5.69 Å². The van der Waals surface area contributed by atoms with Gasteiger partial charge >= 0.3 is 0 Å². The summed E-state index contributed by atoms with van der Waals surface area (Å²) in [4.78, 5) is 21.4. The molecule has 0 saturated carbocycles. The number of carbonyl (C=O) groups is 1. The van der Waals surface area contributed by atoms with Crippen LogP contribution in [0.25, 0.3) is 0 Å². The Balaban J connectivity index is 2.66. The van der Waals surface area contributed by atoms with E-state index in [1.54, 1.807) is 18.2 Å². The number of amides is 1. The zero-order valence-corrected chi connectivity index (χ0v) is 10.1. The summed E-state index contributed by atoms with van der Waals surface area (Å²) in [5.41, 5.74) is 0.539. The molecule has 0 fully saturated rings. The molecule has 0 unspecified atom stereocenters. The van der Waals surface area contributed by atoms with Gasteiger partial charge in [0.1, 0.15) is 0 Å². The number of rotatable bonds is 5. The molecule has 1 aromatic rings. The summed E-state index contributed by atoms with van der Waals surface area (Å²) in [5.74, 6) is -0.130. The molecule has 0 aliphatic carbocycles. The van der Waals surface area contributed by atoms with Crippen LogP contribution < -0.4 is 5.32 Å². The van der Waals surface area contributed by atoms with Crippen LogP contribution in [0.1, 0.15) is 12.0 Å². The standard InChI is InChI=1S/C10H11BrN2O3/c11-6-5-10(14)12-7-8-3-1-2-4-9(8)13(15)16/h1-4H,5-7H2,(H,12,14). The molecule has 0 aromatic heterocycles. The molecule has 0 heterocycles. The third-order valence-electron chi connectivity index (χ3n) is 1.99. The van der Waals surface area contributed by atoms with Gasteiger partial charge in [0, 0.05) is 29.9 Å². The van der Waals surface area contributed by atoms with Gasteiger partial charge in [-0.1, -0.05) is 34.1 Å². The summed E-state index contributed by atoms with van der Waals surface area (Å²) < 4.78 is 0. The Morgan fingerprint density at radius 3 is 2.75 bits per heavy atom. The van der Waals surface area contributed by atoms with Crippen LogP contribution in [0.5, 0.6) is 0 Å². The molecule has 0 radical (unpaired) electrons. The number of para-hydroxylation sites is 1. The number of nitro benzene ring substituents is 1.